The molecule has 7 aromatic carbocycles. The summed E-state index contributed by atoms with van der Waals surface area (Å²) in [5.41, 5.74) is 15.8. The van der Waals surface area contributed by atoms with Crippen molar-refractivity contribution in [3.8, 4) is 45.8 Å². The minimum absolute atomic E-state index is 0.445. The molecule has 9 aromatic rings. The van der Waals surface area contributed by atoms with Gasteiger partial charge < -0.3 is 9.13 Å². The van der Waals surface area contributed by atoms with Gasteiger partial charge in [-0.2, -0.15) is 10.5 Å². The van der Waals surface area contributed by atoms with Gasteiger partial charge in [0.25, 0.3) is 0 Å². The second kappa shape index (κ2) is 11.9. The van der Waals surface area contributed by atoms with Crippen LogP contribution in [0, 0.1) is 50.4 Å². The van der Waals surface area contributed by atoms with E-state index in [0.29, 0.717) is 11.1 Å². The van der Waals surface area contributed by atoms with E-state index in [2.05, 4.69) is 170 Å². The van der Waals surface area contributed by atoms with Crippen molar-refractivity contribution < 1.29 is 0 Å². The van der Waals surface area contributed by atoms with Crippen LogP contribution in [-0.4, -0.2) is 9.13 Å². The molecule has 4 heteroatoms. The molecule has 0 aliphatic rings. The Morgan fingerprint density at radius 3 is 1.06 bits per heavy atom. The van der Waals surface area contributed by atoms with Gasteiger partial charge in [0.15, 0.2) is 0 Å². The second-order valence-corrected chi connectivity index (χ2v) is 14.0. The van der Waals surface area contributed by atoms with Crippen LogP contribution in [0.25, 0.3) is 77.2 Å². The number of fused-ring (bicyclic) bond motifs is 6. The molecule has 4 nitrogen and oxygen atoms in total. The number of hydrogen-bond acceptors (Lipinski definition) is 2. The first-order chi connectivity index (χ1) is 25.3. The SMILES string of the molecule is Cc1ccc(-c2ccc3c(c2)c2cc(C)ccc2n3-c2cc(-n3c4ccc(C)cc4c4cc(-c5ccc(C)cc5)ccc43)c(C#N)cc2C#N)cc1. The van der Waals surface area contributed by atoms with Crippen molar-refractivity contribution in [3.05, 3.63) is 167 Å². The van der Waals surface area contributed by atoms with Crippen molar-refractivity contribution in [1.29, 1.82) is 10.5 Å². The highest BCUT2D eigenvalue weighted by atomic mass is 15.0. The molecule has 0 aliphatic heterocycles. The molecule has 246 valence electrons. The highest BCUT2D eigenvalue weighted by molar-refractivity contribution is 6.12. The van der Waals surface area contributed by atoms with Gasteiger partial charge in [-0.25, -0.2) is 0 Å². The maximum atomic E-state index is 10.6. The van der Waals surface area contributed by atoms with Gasteiger partial charge in [-0.3, -0.25) is 0 Å². The van der Waals surface area contributed by atoms with E-state index in [1.54, 1.807) is 6.07 Å². The van der Waals surface area contributed by atoms with Crippen LogP contribution in [0.2, 0.25) is 0 Å². The zero-order valence-electron chi connectivity index (χ0n) is 29.5. The molecule has 0 aliphatic carbocycles. The molecule has 0 fully saturated rings. The fraction of sp³-hybridized carbons (Fsp3) is 0.0833. The molecule has 0 saturated heterocycles. The summed E-state index contributed by atoms with van der Waals surface area (Å²) in [6.45, 7) is 8.43. The van der Waals surface area contributed by atoms with Crippen molar-refractivity contribution in [1.82, 2.24) is 9.13 Å². The molecule has 0 unspecified atom stereocenters. The van der Waals surface area contributed by atoms with Gasteiger partial charge in [0, 0.05) is 21.5 Å². The fourth-order valence-corrected chi connectivity index (χ4v) is 7.77. The minimum Gasteiger partial charge on any atom is -0.308 e. The zero-order chi connectivity index (χ0) is 35.7. The third-order valence-corrected chi connectivity index (χ3v) is 10.4. The van der Waals surface area contributed by atoms with E-state index in [1.807, 2.05) is 6.07 Å². The molecular formula is C48H34N4. The molecular weight excluding hydrogens is 633 g/mol. The maximum Gasteiger partial charge on any atom is 0.101 e. The Hall–Kier alpha value is -6.88. The minimum atomic E-state index is 0.445. The van der Waals surface area contributed by atoms with Gasteiger partial charge in [-0.1, -0.05) is 95.1 Å². The molecule has 0 N–H and O–H groups in total. The Morgan fingerprint density at radius 2 is 0.673 bits per heavy atom. The Labute approximate surface area is 302 Å². The Balaban J connectivity index is 1.33. The van der Waals surface area contributed by atoms with Crippen LogP contribution in [0.5, 0.6) is 0 Å². The molecule has 0 spiro atoms. The first kappa shape index (κ1) is 31.1. The van der Waals surface area contributed by atoms with E-state index in [9.17, 15) is 10.5 Å². The monoisotopic (exact) mass is 666 g/mol. The number of aromatic nitrogens is 2. The molecule has 2 aromatic heterocycles. The van der Waals surface area contributed by atoms with E-state index in [4.69, 9.17) is 0 Å². The normalized spacial score (nSPS) is 11.4. The van der Waals surface area contributed by atoms with Crippen molar-refractivity contribution >= 4 is 43.6 Å². The number of nitrogens with zero attached hydrogens (tertiary/aromatic N) is 4. The van der Waals surface area contributed by atoms with Gasteiger partial charge in [-0.15, -0.1) is 0 Å². The summed E-state index contributed by atoms with van der Waals surface area (Å²) in [7, 11) is 0. The summed E-state index contributed by atoms with van der Waals surface area (Å²) < 4.78 is 4.39. The highest BCUT2D eigenvalue weighted by Crippen LogP contribution is 2.40. The molecule has 0 saturated carbocycles. The average Bonchev–Trinajstić information content (AvgIpc) is 3.65. The predicted octanol–water partition coefficient (Wildman–Crippen LogP) is 12.2. The van der Waals surface area contributed by atoms with E-state index in [-0.39, 0.29) is 0 Å². The lowest BCUT2D eigenvalue weighted by atomic mass is 10.0. The summed E-state index contributed by atoms with van der Waals surface area (Å²) in [5, 5.41) is 25.7. The molecule has 52 heavy (non-hydrogen) atoms. The molecule has 9 rings (SSSR count). The molecule has 0 amide bonds. The summed E-state index contributed by atoms with van der Waals surface area (Å²) in [6.07, 6.45) is 0. The second-order valence-electron chi connectivity index (χ2n) is 14.0. The third kappa shape index (κ3) is 4.89. The zero-order valence-corrected chi connectivity index (χ0v) is 29.5. The third-order valence-electron chi connectivity index (χ3n) is 10.4. The predicted molar refractivity (Wildman–Crippen MR) is 214 cm³/mol. The van der Waals surface area contributed by atoms with Crippen LogP contribution in [0.4, 0.5) is 0 Å². The van der Waals surface area contributed by atoms with E-state index in [1.165, 1.54) is 22.3 Å². The summed E-state index contributed by atoms with van der Waals surface area (Å²) in [4.78, 5) is 0. The smallest absolute Gasteiger partial charge is 0.101 e. The lowest BCUT2D eigenvalue weighted by Crippen LogP contribution is -2.04. The molecule has 0 radical (unpaired) electrons. The summed E-state index contributed by atoms with van der Waals surface area (Å²) in [5.74, 6) is 0. The first-order valence-corrected chi connectivity index (χ1v) is 17.5. The topological polar surface area (TPSA) is 57.4 Å². The Bertz CT molecular complexity index is 2790. The van der Waals surface area contributed by atoms with E-state index >= 15 is 0 Å². The van der Waals surface area contributed by atoms with Crippen molar-refractivity contribution in [2.75, 3.05) is 0 Å². The number of aryl methyl sites for hydroxylation is 4. The van der Waals surface area contributed by atoms with Crippen LogP contribution in [0.3, 0.4) is 0 Å². The van der Waals surface area contributed by atoms with Crippen molar-refractivity contribution in [2.45, 2.75) is 27.7 Å². The van der Waals surface area contributed by atoms with Crippen LogP contribution >= 0.6 is 0 Å². The first-order valence-electron chi connectivity index (χ1n) is 17.5. The van der Waals surface area contributed by atoms with Gasteiger partial charge in [0.2, 0.25) is 0 Å². The van der Waals surface area contributed by atoms with Gasteiger partial charge >= 0.3 is 0 Å². The largest absolute Gasteiger partial charge is 0.308 e. The van der Waals surface area contributed by atoms with Gasteiger partial charge in [-0.05, 0) is 111 Å². The lowest BCUT2D eigenvalue weighted by molar-refractivity contribution is 1.12. The van der Waals surface area contributed by atoms with Gasteiger partial charge in [0.1, 0.15) is 12.1 Å². The standard InChI is InChI=1S/C48H34N4/c1-29-5-11-33(12-6-29)35-15-19-45-41(24-35)39-21-31(3)9-17-43(39)51(45)47-26-48(38(28-50)23-37(47)27-49)52-44-18-10-32(4)22-40(44)42-25-36(16-20-46(42)52)34-13-7-30(2)8-14-34/h5-26H,1-4H3. The maximum absolute atomic E-state index is 10.6. The average molecular weight is 667 g/mol. The van der Waals surface area contributed by atoms with E-state index < -0.39 is 0 Å². The number of nitriles is 2. The van der Waals surface area contributed by atoms with Crippen LogP contribution < -0.4 is 0 Å². The number of rotatable bonds is 4. The summed E-state index contributed by atoms with van der Waals surface area (Å²) in [6, 6.07) is 52.1. The molecule has 2 heterocycles. The van der Waals surface area contributed by atoms with Crippen molar-refractivity contribution in [3.63, 3.8) is 0 Å². The number of benzene rings is 7. The highest BCUT2D eigenvalue weighted by Gasteiger charge is 2.22. The van der Waals surface area contributed by atoms with Crippen LogP contribution in [-0.2, 0) is 0 Å². The quantitative estimate of drug-likeness (QED) is 0.188. The van der Waals surface area contributed by atoms with Crippen LogP contribution in [0.1, 0.15) is 33.4 Å². The fourth-order valence-electron chi connectivity index (χ4n) is 7.77. The molecule has 0 bridgehead atoms. The molecule has 0 atom stereocenters. The van der Waals surface area contributed by atoms with Crippen LogP contribution in [0.15, 0.2) is 133 Å². The lowest BCUT2D eigenvalue weighted by Gasteiger charge is -2.16. The van der Waals surface area contributed by atoms with Crippen molar-refractivity contribution in [2.24, 2.45) is 0 Å². The Morgan fingerprint density at radius 1 is 0.346 bits per heavy atom. The van der Waals surface area contributed by atoms with E-state index in [0.717, 1.165) is 77.2 Å². The van der Waals surface area contributed by atoms with Gasteiger partial charge in [0.05, 0.1) is 44.6 Å². The Kier molecular flexibility index (Phi) is 7.11. The summed E-state index contributed by atoms with van der Waals surface area (Å²) >= 11 is 0. The number of hydrogen-bond donors (Lipinski definition) is 0.